The first-order valence-electron chi connectivity index (χ1n) is 6.89. The third-order valence-corrected chi connectivity index (χ3v) is 4.39. The predicted octanol–water partition coefficient (Wildman–Crippen LogP) is 3.84. The van der Waals surface area contributed by atoms with Crippen molar-refractivity contribution >= 4 is 52.3 Å². The summed E-state index contributed by atoms with van der Waals surface area (Å²) >= 11 is 12.4. The van der Waals surface area contributed by atoms with E-state index in [9.17, 15) is 4.79 Å². The Bertz CT molecular complexity index is 665. The number of hydrogen-bond donors (Lipinski definition) is 3. The van der Waals surface area contributed by atoms with E-state index in [2.05, 4.69) is 16.2 Å². The van der Waals surface area contributed by atoms with Gasteiger partial charge in [-0.15, -0.1) is 11.8 Å². The Morgan fingerprint density at radius 3 is 2.39 bits per heavy atom. The van der Waals surface area contributed by atoms with Gasteiger partial charge in [-0.3, -0.25) is 15.6 Å². The van der Waals surface area contributed by atoms with Crippen molar-refractivity contribution in [3.8, 4) is 0 Å². The fraction of sp³-hybridized carbons (Fsp3) is 0.125. The topological polar surface area (TPSA) is 53.2 Å². The van der Waals surface area contributed by atoms with Gasteiger partial charge in [-0.05, 0) is 55.5 Å². The highest BCUT2D eigenvalue weighted by Crippen LogP contribution is 2.22. The molecule has 0 heterocycles. The number of hydrogen-bond acceptors (Lipinski definition) is 3. The van der Waals surface area contributed by atoms with Gasteiger partial charge in [0.15, 0.2) is 5.11 Å². The molecule has 0 fully saturated rings. The van der Waals surface area contributed by atoms with Crippen LogP contribution >= 0.6 is 35.6 Å². The zero-order valence-electron chi connectivity index (χ0n) is 12.4. The smallest absolute Gasteiger partial charge is 0.251 e. The van der Waals surface area contributed by atoms with Crippen molar-refractivity contribution in [1.29, 1.82) is 0 Å². The van der Waals surface area contributed by atoms with E-state index in [1.807, 2.05) is 37.3 Å². The first kappa shape index (κ1) is 17.6. The van der Waals surface area contributed by atoms with Crippen molar-refractivity contribution in [2.45, 2.75) is 17.1 Å². The van der Waals surface area contributed by atoms with E-state index in [0.29, 0.717) is 10.1 Å². The van der Waals surface area contributed by atoms with Crippen molar-refractivity contribution in [2.75, 3.05) is 5.32 Å². The van der Waals surface area contributed by atoms with Crippen LogP contribution in [0.5, 0.6) is 0 Å². The van der Waals surface area contributed by atoms with Gasteiger partial charge in [-0.2, -0.15) is 0 Å². The number of thiocarbonyl (C=S) groups is 1. The Balaban J connectivity index is 1.76. The molecular formula is C16H16ClN3OS2. The average Bonchev–Trinajstić information content (AvgIpc) is 2.55. The molecule has 2 aromatic carbocycles. The zero-order valence-corrected chi connectivity index (χ0v) is 14.8. The predicted molar refractivity (Wildman–Crippen MR) is 101 cm³/mol. The molecule has 7 heteroatoms. The van der Waals surface area contributed by atoms with Crippen LogP contribution in [0.1, 0.15) is 6.92 Å². The third-order valence-electron chi connectivity index (χ3n) is 2.83. The summed E-state index contributed by atoms with van der Waals surface area (Å²) in [5, 5.41) is 3.66. The summed E-state index contributed by atoms with van der Waals surface area (Å²) in [5.41, 5.74) is 6.07. The maximum atomic E-state index is 12.0. The van der Waals surface area contributed by atoms with E-state index >= 15 is 0 Å². The number of carbonyl (C=O) groups excluding carboxylic acids is 1. The fourth-order valence-corrected chi connectivity index (χ4v) is 2.86. The molecule has 1 amide bonds. The lowest BCUT2D eigenvalue weighted by Gasteiger charge is -2.15. The van der Waals surface area contributed by atoms with Gasteiger partial charge >= 0.3 is 0 Å². The van der Waals surface area contributed by atoms with Gasteiger partial charge in [0.05, 0.1) is 5.25 Å². The second-order valence-electron chi connectivity index (χ2n) is 4.65. The van der Waals surface area contributed by atoms with Crippen LogP contribution in [0.3, 0.4) is 0 Å². The third kappa shape index (κ3) is 6.09. The number of benzene rings is 2. The van der Waals surface area contributed by atoms with Crippen LogP contribution in [-0.4, -0.2) is 16.3 Å². The molecule has 0 saturated heterocycles. The summed E-state index contributed by atoms with van der Waals surface area (Å²) < 4.78 is 0. The summed E-state index contributed by atoms with van der Waals surface area (Å²) in [7, 11) is 0. The van der Waals surface area contributed by atoms with Gasteiger partial charge in [-0.1, -0.05) is 29.8 Å². The van der Waals surface area contributed by atoms with Crippen LogP contribution in [0.2, 0.25) is 5.02 Å². The van der Waals surface area contributed by atoms with Crippen LogP contribution in [0.25, 0.3) is 0 Å². The molecule has 0 saturated carbocycles. The van der Waals surface area contributed by atoms with Crippen molar-refractivity contribution in [2.24, 2.45) is 0 Å². The zero-order chi connectivity index (χ0) is 16.7. The van der Waals surface area contributed by atoms with Crippen molar-refractivity contribution < 1.29 is 4.79 Å². The number of carbonyl (C=O) groups is 1. The Labute approximate surface area is 150 Å². The maximum Gasteiger partial charge on any atom is 0.251 e. The minimum Gasteiger partial charge on any atom is -0.331 e. The van der Waals surface area contributed by atoms with E-state index in [0.717, 1.165) is 10.6 Å². The van der Waals surface area contributed by atoms with Gasteiger partial charge in [0.2, 0.25) is 0 Å². The second kappa shape index (κ2) is 8.76. The lowest BCUT2D eigenvalue weighted by Crippen LogP contribution is -2.46. The van der Waals surface area contributed by atoms with Crippen molar-refractivity contribution in [3.05, 3.63) is 59.6 Å². The van der Waals surface area contributed by atoms with Crippen LogP contribution in [0.15, 0.2) is 59.5 Å². The number of thioether (sulfide) groups is 1. The SMILES string of the molecule is C[C@H](Sc1ccccc1)C(=O)NNC(=S)Nc1ccc(Cl)cc1. The molecule has 120 valence electrons. The standard InChI is InChI=1S/C16H16ClN3OS2/c1-11(23-14-5-3-2-4-6-14)15(21)19-20-16(22)18-13-9-7-12(17)8-10-13/h2-11H,1H3,(H,19,21)(H2,18,20,22)/t11-/m0/s1. The Hall–Kier alpha value is -1.76. The van der Waals surface area contributed by atoms with E-state index in [1.165, 1.54) is 11.8 Å². The van der Waals surface area contributed by atoms with Gasteiger partial charge in [-0.25, -0.2) is 0 Å². The summed E-state index contributed by atoms with van der Waals surface area (Å²) in [6.45, 7) is 1.84. The van der Waals surface area contributed by atoms with Gasteiger partial charge in [0.25, 0.3) is 5.91 Å². The quantitative estimate of drug-likeness (QED) is 0.436. The highest BCUT2D eigenvalue weighted by molar-refractivity contribution is 8.00. The molecule has 0 aliphatic rings. The number of hydrazine groups is 1. The van der Waals surface area contributed by atoms with Crippen LogP contribution in [0.4, 0.5) is 5.69 Å². The minimum atomic E-state index is -0.247. The monoisotopic (exact) mass is 365 g/mol. The van der Waals surface area contributed by atoms with E-state index in [1.54, 1.807) is 24.3 Å². The van der Waals surface area contributed by atoms with Gasteiger partial charge in [0.1, 0.15) is 0 Å². The van der Waals surface area contributed by atoms with Crippen molar-refractivity contribution in [1.82, 2.24) is 10.9 Å². The largest absolute Gasteiger partial charge is 0.331 e. The number of amides is 1. The Morgan fingerprint density at radius 1 is 1.09 bits per heavy atom. The second-order valence-corrected chi connectivity index (χ2v) is 6.91. The van der Waals surface area contributed by atoms with Crippen LogP contribution in [0, 0.1) is 0 Å². The Morgan fingerprint density at radius 2 is 1.74 bits per heavy atom. The lowest BCUT2D eigenvalue weighted by atomic mass is 10.3. The molecule has 0 unspecified atom stereocenters. The first-order valence-corrected chi connectivity index (χ1v) is 8.55. The van der Waals surface area contributed by atoms with Gasteiger partial charge in [0, 0.05) is 15.6 Å². The molecule has 0 aliphatic heterocycles. The Kier molecular flexibility index (Phi) is 6.70. The number of nitrogens with one attached hydrogen (secondary N) is 3. The first-order chi connectivity index (χ1) is 11.0. The van der Waals surface area contributed by atoms with Crippen LogP contribution < -0.4 is 16.2 Å². The lowest BCUT2D eigenvalue weighted by molar-refractivity contribution is -0.120. The fourth-order valence-electron chi connectivity index (χ4n) is 1.67. The summed E-state index contributed by atoms with van der Waals surface area (Å²) in [4.78, 5) is 13.1. The molecule has 2 rings (SSSR count). The molecule has 1 atom stereocenters. The van der Waals surface area contributed by atoms with Gasteiger partial charge < -0.3 is 5.32 Å². The summed E-state index contributed by atoms with van der Waals surface area (Å²) in [6, 6.07) is 16.9. The highest BCUT2D eigenvalue weighted by Gasteiger charge is 2.14. The molecule has 2 aromatic rings. The normalized spacial score (nSPS) is 11.4. The molecule has 0 radical (unpaired) electrons. The number of rotatable bonds is 4. The van der Waals surface area contributed by atoms with E-state index < -0.39 is 0 Å². The molecular weight excluding hydrogens is 350 g/mol. The summed E-state index contributed by atoms with van der Waals surface area (Å²) in [5.74, 6) is -0.154. The molecule has 0 aliphatic carbocycles. The molecule has 4 nitrogen and oxygen atoms in total. The molecule has 3 N–H and O–H groups in total. The van der Waals surface area contributed by atoms with Crippen molar-refractivity contribution in [3.63, 3.8) is 0 Å². The molecule has 0 aromatic heterocycles. The average molecular weight is 366 g/mol. The summed E-state index contributed by atoms with van der Waals surface area (Å²) in [6.07, 6.45) is 0. The molecule has 23 heavy (non-hydrogen) atoms. The number of anilines is 1. The van der Waals surface area contributed by atoms with Crippen LogP contribution in [-0.2, 0) is 4.79 Å². The minimum absolute atomic E-state index is 0.154. The van der Waals surface area contributed by atoms with E-state index in [-0.39, 0.29) is 11.2 Å². The maximum absolute atomic E-state index is 12.0. The molecule has 0 spiro atoms. The highest BCUT2D eigenvalue weighted by atomic mass is 35.5. The molecule has 0 bridgehead atoms. The van der Waals surface area contributed by atoms with E-state index in [4.69, 9.17) is 23.8 Å². The number of halogens is 1.